The molecule has 0 unspecified atom stereocenters. The molecule has 1 saturated carbocycles. The van der Waals surface area contributed by atoms with Crippen LogP contribution in [0.2, 0.25) is 0 Å². The van der Waals surface area contributed by atoms with E-state index in [0.29, 0.717) is 18.3 Å². The van der Waals surface area contributed by atoms with Gasteiger partial charge in [-0.1, -0.05) is 0 Å². The molecule has 6 nitrogen and oxygen atoms in total. The second kappa shape index (κ2) is 5.77. The molecule has 1 heterocycles. The Kier molecular flexibility index (Phi) is 4.09. The summed E-state index contributed by atoms with van der Waals surface area (Å²) in [4.78, 5) is 13.7. The highest BCUT2D eigenvalue weighted by Gasteiger charge is 2.21. The standard InChI is InChI=1S/C12H19N5O/c1-17(2)8-7-13-12(18)10-5-6-11(16-15-10)14-9-3-4-9/h5-6,9H,3-4,7-8H2,1-2H3,(H,13,18)(H,14,16). The van der Waals surface area contributed by atoms with Gasteiger partial charge in [0.1, 0.15) is 5.82 Å². The number of carbonyl (C=O) groups is 1. The molecular weight excluding hydrogens is 230 g/mol. The first-order valence-electron chi connectivity index (χ1n) is 6.18. The average Bonchev–Trinajstić information content (AvgIpc) is 3.13. The summed E-state index contributed by atoms with van der Waals surface area (Å²) in [7, 11) is 3.93. The van der Waals surface area contributed by atoms with Crippen molar-refractivity contribution < 1.29 is 4.79 Å². The van der Waals surface area contributed by atoms with Crippen LogP contribution in [0.1, 0.15) is 23.3 Å². The molecule has 0 saturated heterocycles. The molecule has 98 valence electrons. The largest absolute Gasteiger partial charge is 0.366 e. The molecule has 1 amide bonds. The van der Waals surface area contributed by atoms with Crippen molar-refractivity contribution in [2.75, 3.05) is 32.5 Å². The predicted octanol–water partition coefficient (Wildman–Crippen LogP) is 0.342. The maximum Gasteiger partial charge on any atom is 0.271 e. The van der Waals surface area contributed by atoms with Crippen LogP contribution >= 0.6 is 0 Å². The molecule has 0 aliphatic heterocycles. The number of amides is 1. The van der Waals surface area contributed by atoms with E-state index in [-0.39, 0.29) is 5.91 Å². The monoisotopic (exact) mass is 249 g/mol. The third-order valence-electron chi connectivity index (χ3n) is 2.67. The first-order chi connectivity index (χ1) is 8.65. The molecule has 0 bridgehead atoms. The van der Waals surface area contributed by atoms with E-state index in [1.807, 2.05) is 19.0 Å². The fourth-order valence-corrected chi connectivity index (χ4v) is 1.45. The van der Waals surface area contributed by atoms with E-state index >= 15 is 0 Å². The maximum atomic E-state index is 11.7. The molecule has 18 heavy (non-hydrogen) atoms. The quantitative estimate of drug-likeness (QED) is 0.761. The van der Waals surface area contributed by atoms with Crippen molar-refractivity contribution in [2.45, 2.75) is 18.9 Å². The Balaban J connectivity index is 1.81. The Morgan fingerprint density at radius 1 is 1.39 bits per heavy atom. The fourth-order valence-electron chi connectivity index (χ4n) is 1.45. The molecule has 6 heteroatoms. The molecule has 1 aliphatic rings. The molecule has 0 aromatic carbocycles. The van der Waals surface area contributed by atoms with Gasteiger partial charge < -0.3 is 15.5 Å². The minimum absolute atomic E-state index is 0.178. The van der Waals surface area contributed by atoms with Gasteiger partial charge in [-0.3, -0.25) is 4.79 Å². The number of rotatable bonds is 6. The van der Waals surface area contributed by atoms with Crippen LogP contribution in [0.25, 0.3) is 0 Å². The van der Waals surface area contributed by atoms with Crippen LogP contribution < -0.4 is 10.6 Å². The van der Waals surface area contributed by atoms with Crippen LogP contribution in [-0.2, 0) is 0 Å². The van der Waals surface area contributed by atoms with Crippen molar-refractivity contribution in [3.05, 3.63) is 17.8 Å². The number of aromatic nitrogens is 2. The van der Waals surface area contributed by atoms with Gasteiger partial charge in [0.25, 0.3) is 5.91 Å². The van der Waals surface area contributed by atoms with E-state index in [1.165, 1.54) is 12.8 Å². The second-order valence-electron chi connectivity index (χ2n) is 4.78. The molecule has 1 aliphatic carbocycles. The van der Waals surface area contributed by atoms with E-state index in [9.17, 15) is 4.79 Å². The van der Waals surface area contributed by atoms with Crippen LogP contribution in [0, 0.1) is 0 Å². The first kappa shape index (κ1) is 12.8. The summed E-state index contributed by atoms with van der Waals surface area (Å²) in [5.41, 5.74) is 0.357. The number of nitrogens with one attached hydrogen (secondary N) is 2. The van der Waals surface area contributed by atoms with Gasteiger partial charge in [-0.05, 0) is 39.1 Å². The topological polar surface area (TPSA) is 70.2 Å². The highest BCUT2D eigenvalue weighted by atomic mass is 16.1. The Hall–Kier alpha value is -1.69. The normalized spacial score (nSPS) is 14.6. The minimum atomic E-state index is -0.178. The van der Waals surface area contributed by atoms with E-state index < -0.39 is 0 Å². The Morgan fingerprint density at radius 2 is 2.17 bits per heavy atom. The zero-order valence-electron chi connectivity index (χ0n) is 10.8. The van der Waals surface area contributed by atoms with E-state index in [2.05, 4.69) is 20.8 Å². The SMILES string of the molecule is CN(C)CCNC(=O)c1ccc(NC2CC2)nn1. The van der Waals surface area contributed by atoms with E-state index in [4.69, 9.17) is 0 Å². The van der Waals surface area contributed by atoms with Crippen LogP contribution in [-0.4, -0.2) is 54.2 Å². The first-order valence-corrected chi connectivity index (χ1v) is 6.18. The van der Waals surface area contributed by atoms with Crippen molar-refractivity contribution in [3.63, 3.8) is 0 Å². The number of carbonyl (C=O) groups excluding carboxylic acids is 1. The summed E-state index contributed by atoms with van der Waals surface area (Å²) in [5.74, 6) is 0.560. The summed E-state index contributed by atoms with van der Waals surface area (Å²) in [5, 5.41) is 13.9. The van der Waals surface area contributed by atoms with Crippen molar-refractivity contribution in [3.8, 4) is 0 Å². The van der Waals surface area contributed by atoms with Gasteiger partial charge in [0, 0.05) is 19.1 Å². The fraction of sp³-hybridized carbons (Fsp3) is 0.583. The average molecular weight is 249 g/mol. The summed E-state index contributed by atoms with van der Waals surface area (Å²) in [6.45, 7) is 1.41. The lowest BCUT2D eigenvalue weighted by Gasteiger charge is -2.10. The van der Waals surface area contributed by atoms with Gasteiger partial charge in [-0.25, -0.2) is 0 Å². The van der Waals surface area contributed by atoms with Gasteiger partial charge in [0.2, 0.25) is 0 Å². The molecule has 0 atom stereocenters. The van der Waals surface area contributed by atoms with Crippen LogP contribution in [0.15, 0.2) is 12.1 Å². The van der Waals surface area contributed by atoms with Crippen LogP contribution in [0.3, 0.4) is 0 Å². The highest BCUT2D eigenvalue weighted by molar-refractivity contribution is 5.92. The summed E-state index contributed by atoms with van der Waals surface area (Å²) in [6, 6.07) is 4.04. The molecule has 1 aromatic rings. The number of likely N-dealkylation sites (N-methyl/N-ethyl adjacent to an activating group) is 1. The van der Waals surface area contributed by atoms with E-state index in [1.54, 1.807) is 12.1 Å². The molecule has 0 spiro atoms. The zero-order chi connectivity index (χ0) is 13.0. The highest BCUT2D eigenvalue weighted by Crippen LogP contribution is 2.23. The molecule has 2 rings (SSSR count). The lowest BCUT2D eigenvalue weighted by molar-refractivity contribution is 0.0945. The molecule has 1 aromatic heterocycles. The Labute approximate surface area is 107 Å². The Morgan fingerprint density at radius 3 is 2.72 bits per heavy atom. The van der Waals surface area contributed by atoms with Crippen LogP contribution in [0.5, 0.6) is 0 Å². The van der Waals surface area contributed by atoms with E-state index in [0.717, 1.165) is 12.4 Å². The number of hydrogen-bond donors (Lipinski definition) is 2. The lowest BCUT2D eigenvalue weighted by atomic mass is 10.3. The lowest BCUT2D eigenvalue weighted by Crippen LogP contribution is -2.31. The minimum Gasteiger partial charge on any atom is -0.366 e. The Bertz CT molecular complexity index is 399. The van der Waals surface area contributed by atoms with Gasteiger partial charge in [0.15, 0.2) is 5.69 Å². The van der Waals surface area contributed by atoms with Crippen molar-refractivity contribution in [2.24, 2.45) is 0 Å². The number of anilines is 1. The third-order valence-corrected chi connectivity index (χ3v) is 2.67. The predicted molar refractivity (Wildman–Crippen MR) is 69.6 cm³/mol. The molecule has 1 fully saturated rings. The molecular formula is C12H19N5O. The van der Waals surface area contributed by atoms with Gasteiger partial charge in [-0.2, -0.15) is 0 Å². The van der Waals surface area contributed by atoms with Crippen LogP contribution in [0.4, 0.5) is 5.82 Å². The number of hydrogen-bond acceptors (Lipinski definition) is 5. The second-order valence-corrected chi connectivity index (χ2v) is 4.78. The molecule has 2 N–H and O–H groups in total. The van der Waals surface area contributed by atoms with Crippen molar-refractivity contribution in [1.82, 2.24) is 20.4 Å². The van der Waals surface area contributed by atoms with Gasteiger partial charge >= 0.3 is 0 Å². The maximum absolute atomic E-state index is 11.7. The third kappa shape index (κ3) is 3.96. The van der Waals surface area contributed by atoms with Crippen molar-refractivity contribution in [1.29, 1.82) is 0 Å². The number of nitrogens with zero attached hydrogens (tertiary/aromatic N) is 3. The van der Waals surface area contributed by atoms with Crippen molar-refractivity contribution >= 4 is 11.7 Å². The smallest absolute Gasteiger partial charge is 0.271 e. The molecule has 0 radical (unpaired) electrons. The summed E-state index contributed by atoms with van der Waals surface area (Å²) in [6.07, 6.45) is 2.38. The summed E-state index contributed by atoms with van der Waals surface area (Å²) < 4.78 is 0. The van der Waals surface area contributed by atoms with Gasteiger partial charge in [-0.15, -0.1) is 10.2 Å². The van der Waals surface area contributed by atoms with Gasteiger partial charge in [0.05, 0.1) is 0 Å². The zero-order valence-corrected chi connectivity index (χ0v) is 10.8. The summed E-state index contributed by atoms with van der Waals surface area (Å²) >= 11 is 0.